The Morgan fingerprint density at radius 3 is 2.52 bits per heavy atom. The number of benzene rings is 1. The van der Waals surface area contributed by atoms with E-state index in [0.717, 1.165) is 29.5 Å². The van der Waals surface area contributed by atoms with E-state index in [9.17, 15) is 9.59 Å². The summed E-state index contributed by atoms with van der Waals surface area (Å²) in [4.78, 5) is 36.6. The lowest BCUT2D eigenvalue weighted by atomic mass is 9.96. The third kappa shape index (κ3) is 5.03. The second-order valence-corrected chi connectivity index (χ2v) is 8.77. The second kappa shape index (κ2) is 9.45. The minimum atomic E-state index is -0.353. The fourth-order valence-electron chi connectivity index (χ4n) is 3.51. The zero-order chi connectivity index (χ0) is 21.8. The molecule has 160 valence electrons. The average Bonchev–Trinajstić information content (AvgIpc) is 3.20. The molecule has 9 heteroatoms. The average molecular weight is 456 g/mol. The molecule has 1 aliphatic heterocycles. The van der Waals surface area contributed by atoms with E-state index in [2.05, 4.69) is 25.7 Å². The predicted molar refractivity (Wildman–Crippen MR) is 122 cm³/mol. The Bertz CT molecular complexity index is 1060. The van der Waals surface area contributed by atoms with Crippen LogP contribution in [0, 0.1) is 12.8 Å². The molecule has 0 aliphatic carbocycles. The number of piperidine rings is 1. The molecule has 4 rings (SSSR count). The summed E-state index contributed by atoms with van der Waals surface area (Å²) in [5.74, 6) is 0.161. The maximum absolute atomic E-state index is 12.6. The van der Waals surface area contributed by atoms with Gasteiger partial charge in [0, 0.05) is 30.8 Å². The van der Waals surface area contributed by atoms with Crippen LogP contribution in [0.5, 0.6) is 0 Å². The van der Waals surface area contributed by atoms with Gasteiger partial charge in [0.15, 0.2) is 0 Å². The number of carbonyl (C=O) groups is 2. The molecule has 3 heterocycles. The number of carbonyl (C=O) groups excluding carboxylic acids is 2. The first-order valence-corrected chi connectivity index (χ1v) is 11.2. The molecule has 1 fully saturated rings. The van der Waals surface area contributed by atoms with Crippen LogP contribution in [0.25, 0.3) is 10.6 Å². The van der Waals surface area contributed by atoms with Gasteiger partial charge in [-0.3, -0.25) is 20.4 Å². The molecule has 1 saturated heterocycles. The molecule has 0 unspecified atom stereocenters. The monoisotopic (exact) mass is 455 g/mol. The number of nitrogens with one attached hydrogen (secondary N) is 2. The molecule has 0 saturated carbocycles. The van der Waals surface area contributed by atoms with Gasteiger partial charge in [-0.2, -0.15) is 0 Å². The standard InChI is InChI=1S/C22H22ClN5O2S/c1-14-19(31-22(25-14)16-5-3-2-4-6-16)21(30)27-26-20(29)15-9-11-28(12-10-15)18-8-7-17(23)13-24-18/h2-8,13,15H,9-12H2,1H3,(H,26,29)(H,27,30). The van der Waals surface area contributed by atoms with Gasteiger partial charge in [0.2, 0.25) is 5.91 Å². The number of hydrogen-bond donors (Lipinski definition) is 2. The molecule has 2 amide bonds. The van der Waals surface area contributed by atoms with Crippen molar-refractivity contribution in [3.05, 3.63) is 64.3 Å². The summed E-state index contributed by atoms with van der Waals surface area (Å²) in [6.07, 6.45) is 2.99. The summed E-state index contributed by atoms with van der Waals surface area (Å²) in [7, 11) is 0. The fraction of sp³-hybridized carbons (Fsp3) is 0.273. The lowest BCUT2D eigenvalue weighted by Gasteiger charge is -2.32. The number of rotatable bonds is 4. The molecule has 1 aliphatic rings. The van der Waals surface area contributed by atoms with Gasteiger partial charge >= 0.3 is 0 Å². The maximum Gasteiger partial charge on any atom is 0.281 e. The highest BCUT2D eigenvalue weighted by Gasteiger charge is 2.26. The summed E-state index contributed by atoms with van der Waals surface area (Å²) >= 11 is 7.20. The molecule has 3 aromatic rings. The number of hydrogen-bond acceptors (Lipinski definition) is 6. The number of halogens is 1. The van der Waals surface area contributed by atoms with Crippen molar-refractivity contribution in [1.82, 2.24) is 20.8 Å². The van der Waals surface area contributed by atoms with Crippen LogP contribution in [0.4, 0.5) is 5.82 Å². The lowest BCUT2D eigenvalue weighted by molar-refractivity contribution is -0.126. The number of aromatic nitrogens is 2. The molecule has 31 heavy (non-hydrogen) atoms. The third-order valence-electron chi connectivity index (χ3n) is 5.22. The molecular formula is C22H22ClN5O2S. The number of hydrazine groups is 1. The van der Waals surface area contributed by atoms with Crippen LogP contribution < -0.4 is 15.8 Å². The van der Waals surface area contributed by atoms with E-state index in [-0.39, 0.29) is 17.7 Å². The van der Waals surface area contributed by atoms with Crippen molar-refractivity contribution >= 4 is 40.6 Å². The highest BCUT2D eigenvalue weighted by Crippen LogP contribution is 2.27. The van der Waals surface area contributed by atoms with E-state index in [0.29, 0.717) is 28.4 Å². The first kappa shape index (κ1) is 21.3. The van der Waals surface area contributed by atoms with Crippen LogP contribution in [0.3, 0.4) is 0 Å². The number of anilines is 1. The number of pyridine rings is 1. The van der Waals surface area contributed by atoms with Gasteiger partial charge < -0.3 is 4.90 Å². The third-order valence-corrected chi connectivity index (χ3v) is 6.65. The Kier molecular flexibility index (Phi) is 6.48. The van der Waals surface area contributed by atoms with E-state index < -0.39 is 0 Å². The van der Waals surface area contributed by atoms with Crippen LogP contribution in [0.15, 0.2) is 48.7 Å². The van der Waals surface area contributed by atoms with Gasteiger partial charge in [0.1, 0.15) is 15.7 Å². The van der Waals surface area contributed by atoms with Crippen molar-refractivity contribution in [3.63, 3.8) is 0 Å². The van der Waals surface area contributed by atoms with E-state index >= 15 is 0 Å². The van der Waals surface area contributed by atoms with Crippen LogP contribution in [-0.4, -0.2) is 34.9 Å². The van der Waals surface area contributed by atoms with E-state index in [1.54, 1.807) is 13.1 Å². The van der Waals surface area contributed by atoms with Gasteiger partial charge in [-0.25, -0.2) is 9.97 Å². The van der Waals surface area contributed by atoms with E-state index in [1.807, 2.05) is 42.5 Å². The van der Waals surface area contributed by atoms with Gasteiger partial charge in [0.25, 0.3) is 5.91 Å². The highest BCUT2D eigenvalue weighted by atomic mass is 35.5. The summed E-state index contributed by atoms with van der Waals surface area (Å²) in [5, 5.41) is 1.37. The zero-order valence-electron chi connectivity index (χ0n) is 17.0. The fourth-order valence-corrected chi connectivity index (χ4v) is 4.59. The quantitative estimate of drug-likeness (QED) is 0.583. The molecule has 2 aromatic heterocycles. The minimum absolute atomic E-state index is 0.161. The summed E-state index contributed by atoms with van der Waals surface area (Å²) in [5.41, 5.74) is 6.72. The maximum atomic E-state index is 12.6. The lowest BCUT2D eigenvalue weighted by Crippen LogP contribution is -2.47. The van der Waals surface area contributed by atoms with Gasteiger partial charge in [-0.05, 0) is 31.9 Å². The van der Waals surface area contributed by atoms with Crippen molar-refractivity contribution in [2.24, 2.45) is 5.92 Å². The number of aryl methyl sites for hydroxylation is 1. The Morgan fingerprint density at radius 2 is 1.84 bits per heavy atom. The predicted octanol–water partition coefficient (Wildman–Crippen LogP) is 3.84. The number of thiazole rings is 1. The van der Waals surface area contributed by atoms with Gasteiger partial charge in [-0.15, -0.1) is 11.3 Å². The molecule has 7 nitrogen and oxygen atoms in total. The summed E-state index contributed by atoms with van der Waals surface area (Å²) in [6, 6.07) is 13.4. The smallest absolute Gasteiger partial charge is 0.281 e. The molecular weight excluding hydrogens is 434 g/mol. The van der Waals surface area contributed by atoms with Gasteiger partial charge in [0.05, 0.1) is 10.7 Å². The van der Waals surface area contributed by atoms with Crippen molar-refractivity contribution in [3.8, 4) is 10.6 Å². The van der Waals surface area contributed by atoms with Crippen molar-refractivity contribution in [1.29, 1.82) is 0 Å². The number of amides is 2. The first-order valence-electron chi connectivity index (χ1n) is 10.0. The van der Waals surface area contributed by atoms with Crippen molar-refractivity contribution in [2.45, 2.75) is 19.8 Å². The summed E-state index contributed by atoms with van der Waals surface area (Å²) < 4.78 is 0. The summed E-state index contributed by atoms with van der Waals surface area (Å²) in [6.45, 7) is 3.23. The highest BCUT2D eigenvalue weighted by molar-refractivity contribution is 7.17. The SMILES string of the molecule is Cc1nc(-c2ccccc2)sc1C(=O)NNC(=O)C1CCN(c2ccc(Cl)cn2)CC1. The Balaban J connectivity index is 1.30. The number of nitrogens with zero attached hydrogens (tertiary/aromatic N) is 3. The van der Waals surface area contributed by atoms with Gasteiger partial charge in [-0.1, -0.05) is 41.9 Å². The van der Waals surface area contributed by atoms with Crippen LogP contribution in [0.1, 0.15) is 28.2 Å². The van der Waals surface area contributed by atoms with Crippen LogP contribution in [0.2, 0.25) is 5.02 Å². The second-order valence-electron chi connectivity index (χ2n) is 7.34. The topological polar surface area (TPSA) is 87.2 Å². The van der Waals surface area contributed by atoms with Crippen molar-refractivity contribution < 1.29 is 9.59 Å². The normalized spacial score (nSPS) is 14.3. The minimum Gasteiger partial charge on any atom is -0.357 e. The zero-order valence-corrected chi connectivity index (χ0v) is 18.5. The van der Waals surface area contributed by atoms with Crippen LogP contribution in [-0.2, 0) is 4.79 Å². The molecule has 0 spiro atoms. The largest absolute Gasteiger partial charge is 0.357 e. The Morgan fingerprint density at radius 1 is 1.10 bits per heavy atom. The molecule has 1 aromatic carbocycles. The molecule has 0 radical (unpaired) electrons. The molecule has 2 N–H and O–H groups in total. The van der Waals surface area contributed by atoms with E-state index in [1.165, 1.54) is 11.3 Å². The molecule has 0 atom stereocenters. The Hall–Kier alpha value is -2.97. The van der Waals surface area contributed by atoms with Crippen molar-refractivity contribution in [2.75, 3.05) is 18.0 Å². The van der Waals surface area contributed by atoms with Crippen LogP contribution >= 0.6 is 22.9 Å². The van der Waals surface area contributed by atoms with E-state index in [4.69, 9.17) is 11.6 Å². The first-order chi connectivity index (χ1) is 15.0. The molecule has 0 bridgehead atoms. The Labute approximate surface area is 189 Å².